The van der Waals surface area contributed by atoms with E-state index in [1.54, 1.807) is 12.1 Å². The lowest BCUT2D eigenvalue weighted by Gasteiger charge is -1.97. The highest BCUT2D eigenvalue weighted by molar-refractivity contribution is 7.20. The maximum absolute atomic E-state index is 11.1. The number of carbonyl (C=O) groups is 1. The van der Waals surface area contributed by atoms with Crippen molar-refractivity contribution in [3.8, 4) is 6.07 Å². The minimum absolute atomic E-state index is 0.153. The largest absolute Gasteiger partial charge is 0.318 e. The molecule has 68 valence electrons. The molecule has 0 saturated carbocycles. The summed E-state index contributed by atoms with van der Waals surface area (Å²) in [5.41, 5.74) is 0. The fraction of sp³-hybridized carbons (Fsp3) is 0.250. The molecule has 0 bridgehead atoms. The number of nitriles is 1. The van der Waals surface area contributed by atoms with Gasteiger partial charge in [-0.15, -0.1) is 11.3 Å². The minimum Gasteiger partial charge on any atom is -0.318 e. The van der Waals surface area contributed by atoms with Crippen LogP contribution in [0.25, 0.3) is 0 Å². The van der Waals surface area contributed by atoms with Gasteiger partial charge >= 0.3 is 0 Å². The number of thiophene rings is 1. The molecule has 0 aliphatic heterocycles. The van der Waals surface area contributed by atoms with Crippen LogP contribution >= 0.6 is 22.9 Å². The lowest BCUT2D eigenvalue weighted by atomic mass is 10.3. The van der Waals surface area contributed by atoms with Crippen molar-refractivity contribution in [3.63, 3.8) is 0 Å². The summed E-state index contributed by atoms with van der Waals surface area (Å²) in [5, 5.41) is 11.6. The summed E-state index contributed by atoms with van der Waals surface area (Å²) in [6, 6.07) is 5.35. The van der Waals surface area contributed by atoms with Crippen LogP contribution in [0.3, 0.4) is 0 Å². The number of halogens is 1. The maximum atomic E-state index is 11.1. The van der Waals surface area contributed by atoms with Gasteiger partial charge in [-0.25, -0.2) is 0 Å². The Morgan fingerprint density at radius 2 is 2.46 bits per heavy atom. The number of carbonyl (C=O) groups excluding carboxylic acids is 1. The topological polar surface area (TPSA) is 52.9 Å². The number of nitrogens with zero attached hydrogens (tertiary/aromatic N) is 1. The highest BCUT2D eigenvalue weighted by atomic mass is 35.5. The number of hydrogen-bond donors (Lipinski definition) is 1. The Morgan fingerprint density at radius 3 is 3.00 bits per heavy atom. The Hall–Kier alpha value is -1.05. The van der Waals surface area contributed by atoms with E-state index in [2.05, 4.69) is 5.32 Å². The predicted molar refractivity (Wildman–Crippen MR) is 52.8 cm³/mol. The van der Waals surface area contributed by atoms with E-state index in [0.717, 1.165) is 0 Å². The molecule has 5 heteroatoms. The lowest BCUT2D eigenvalue weighted by molar-refractivity contribution is -0.116. The van der Waals surface area contributed by atoms with Gasteiger partial charge in [0.1, 0.15) is 0 Å². The second-order valence-corrected chi connectivity index (χ2v) is 4.03. The van der Waals surface area contributed by atoms with Gasteiger partial charge in [-0.3, -0.25) is 4.79 Å². The van der Waals surface area contributed by atoms with Crippen LogP contribution in [0.2, 0.25) is 4.34 Å². The molecule has 0 saturated heterocycles. The number of rotatable bonds is 3. The molecule has 0 atom stereocenters. The Kier molecular flexibility index (Phi) is 3.74. The number of nitrogens with one attached hydrogen (secondary N) is 1. The van der Waals surface area contributed by atoms with Crippen molar-refractivity contribution in [3.05, 3.63) is 16.5 Å². The molecule has 0 aliphatic rings. The van der Waals surface area contributed by atoms with Crippen LogP contribution in [0.5, 0.6) is 0 Å². The second-order valence-electron chi connectivity index (χ2n) is 2.31. The fourth-order valence-electron chi connectivity index (χ4n) is 0.751. The molecule has 1 aromatic heterocycles. The van der Waals surface area contributed by atoms with Gasteiger partial charge in [0.05, 0.1) is 15.4 Å². The van der Waals surface area contributed by atoms with Crippen molar-refractivity contribution in [2.45, 2.75) is 12.8 Å². The minimum atomic E-state index is -0.153. The van der Waals surface area contributed by atoms with Crippen LogP contribution in [0.15, 0.2) is 12.1 Å². The number of hydrogen-bond acceptors (Lipinski definition) is 3. The lowest BCUT2D eigenvalue weighted by Crippen LogP contribution is -2.09. The van der Waals surface area contributed by atoms with Gasteiger partial charge in [0.25, 0.3) is 0 Å². The van der Waals surface area contributed by atoms with E-state index in [0.29, 0.717) is 9.34 Å². The summed E-state index contributed by atoms with van der Waals surface area (Å²) < 4.78 is 0.635. The van der Waals surface area contributed by atoms with Crippen LogP contribution in [0.4, 0.5) is 5.00 Å². The average Bonchev–Trinajstić information content (AvgIpc) is 2.48. The molecule has 0 aliphatic carbocycles. The Bertz CT molecular complexity index is 342. The van der Waals surface area contributed by atoms with Gasteiger partial charge in [-0.05, 0) is 12.1 Å². The first-order valence-electron chi connectivity index (χ1n) is 3.64. The zero-order valence-corrected chi connectivity index (χ0v) is 8.28. The first kappa shape index (κ1) is 10.0. The van der Waals surface area contributed by atoms with Gasteiger partial charge in [0, 0.05) is 12.8 Å². The van der Waals surface area contributed by atoms with Crippen molar-refractivity contribution in [2.24, 2.45) is 0 Å². The predicted octanol–water partition coefficient (Wildman–Crippen LogP) is 2.64. The van der Waals surface area contributed by atoms with E-state index in [1.807, 2.05) is 6.07 Å². The van der Waals surface area contributed by atoms with Crippen LogP contribution in [0.1, 0.15) is 12.8 Å². The van der Waals surface area contributed by atoms with E-state index in [9.17, 15) is 4.79 Å². The smallest absolute Gasteiger partial charge is 0.226 e. The van der Waals surface area contributed by atoms with Gasteiger partial charge in [-0.2, -0.15) is 5.26 Å². The Morgan fingerprint density at radius 1 is 1.69 bits per heavy atom. The van der Waals surface area contributed by atoms with E-state index in [4.69, 9.17) is 16.9 Å². The molecule has 13 heavy (non-hydrogen) atoms. The summed E-state index contributed by atoms with van der Waals surface area (Å²) in [6.07, 6.45) is 0.469. The molecule has 0 aromatic carbocycles. The van der Waals surface area contributed by atoms with E-state index < -0.39 is 0 Å². The standard InChI is InChI=1S/C8H7ClN2OS/c9-6-3-4-8(13-6)11-7(12)2-1-5-10/h3-4H,1-2H2,(H,11,12). The monoisotopic (exact) mass is 214 g/mol. The molecule has 0 fully saturated rings. The van der Waals surface area contributed by atoms with Crippen LogP contribution < -0.4 is 5.32 Å². The molecule has 0 radical (unpaired) electrons. The molecular formula is C8H7ClN2OS. The van der Waals surface area contributed by atoms with Crippen molar-refractivity contribution in [2.75, 3.05) is 5.32 Å². The normalized spacial score (nSPS) is 9.23. The molecule has 1 N–H and O–H groups in total. The second kappa shape index (κ2) is 4.85. The molecule has 1 heterocycles. The number of amides is 1. The van der Waals surface area contributed by atoms with Gasteiger partial charge in [0.15, 0.2) is 0 Å². The first-order valence-corrected chi connectivity index (χ1v) is 4.84. The molecule has 3 nitrogen and oxygen atoms in total. The highest BCUT2D eigenvalue weighted by Crippen LogP contribution is 2.25. The highest BCUT2D eigenvalue weighted by Gasteiger charge is 2.03. The SMILES string of the molecule is N#CCCC(=O)Nc1ccc(Cl)s1. The third-order valence-electron chi connectivity index (χ3n) is 1.30. The van der Waals surface area contributed by atoms with E-state index >= 15 is 0 Å². The fourth-order valence-corrected chi connectivity index (χ4v) is 1.71. The molecular weight excluding hydrogens is 208 g/mol. The zero-order valence-electron chi connectivity index (χ0n) is 6.71. The van der Waals surface area contributed by atoms with Gasteiger partial charge in [-0.1, -0.05) is 11.6 Å². The summed E-state index contributed by atoms with van der Waals surface area (Å²) >= 11 is 6.96. The van der Waals surface area contributed by atoms with Gasteiger partial charge in [0.2, 0.25) is 5.91 Å². The molecule has 1 aromatic rings. The molecule has 1 amide bonds. The first-order chi connectivity index (χ1) is 6.22. The molecule has 0 spiro atoms. The van der Waals surface area contributed by atoms with Crippen LogP contribution in [-0.2, 0) is 4.79 Å². The summed E-state index contributed by atoms with van der Waals surface area (Å²) in [6.45, 7) is 0. The van der Waals surface area contributed by atoms with E-state index in [-0.39, 0.29) is 18.7 Å². The Balaban J connectivity index is 2.41. The van der Waals surface area contributed by atoms with Crippen molar-refractivity contribution in [1.82, 2.24) is 0 Å². The van der Waals surface area contributed by atoms with Crippen molar-refractivity contribution in [1.29, 1.82) is 5.26 Å². The third kappa shape index (κ3) is 3.45. The summed E-state index contributed by atoms with van der Waals surface area (Å²) in [4.78, 5) is 11.1. The Labute approximate surface area is 84.9 Å². The third-order valence-corrected chi connectivity index (χ3v) is 2.45. The zero-order chi connectivity index (χ0) is 9.68. The summed E-state index contributed by atoms with van der Waals surface area (Å²) in [7, 11) is 0. The summed E-state index contributed by atoms with van der Waals surface area (Å²) in [5.74, 6) is -0.153. The molecule has 1 rings (SSSR count). The van der Waals surface area contributed by atoms with E-state index in [1.165, 1.54) is 11.3 Å². The molecule has 0 unspecified atom stereocenters. The van der Waals surface area contributed by atoms with Gasteiger partial charge < -0.3 is 5.32 Å². The average molecular weight is 215 g/mol. The maximum Gasteiger partial charge on any atom is 0.226 e. The van der Waals surface area contributed by atoms with Crippen molar-refractivity contribution >= 4 is 33.8 Å². The van der Waals surface area contributed by atoms with Crippen LogP contribution in [-0.4, -0.2) is 5.91 Å². The van der Waals surface area contributed by atoms with Crippen molar-refractivity contribution < 1.29 is 4.79 Å². The van der Waals surface area contributed by atoms with Crippen LogP contribution in [0, 0.1) is 11.3 Å². The number of anilines is 1. The quantitative estimate of drug-likeness (QED) is 0.841.